The van der Waals surface area contributed by atoms with Crippen molar-refractivity contribution in [2.45, 2.75) is 0 Å². The molecule has 0 spiro atoms. The lowest BCUT2D eigenvalue weighted by atomic mass is 10.3. The number of ether oxygens (including phenoxy) is 1. The molecular formula is C14H12ClN3OS. The summed E-state index contributed by atoms with van der Waals surface area (Å²) in [6, 6.07) is 9.62. The molecule has 0 atom stereocenters. The third-order valence-corrected chi connectivity index (χ3v) is 4.26. The fraction of sp³-hybridized carbons (Fsp3) is 0.143. The maximum Gasteiger partial charge on any atom is 0.152 e. The molecule has 0 aliphatic heterocycles. The molecule has 0 unspecified atom stereocenters. The van der Waals surface area contributed by atoms with Crippen molar-refractivity contribution in [3.05, 3.63) is 35.5 Å². The SMILES string of the molecule is CNc1ccc(-c2nc3ccc(OC)cc3s2)nc1Cl. The summed E-state index contributed by atoms with van der Waals surface area (Å²) in [5.41, 5.74) is 2.51. The summed E-state index contributed by atoms with van der Waals surface area (Å²) in [7, 11) is 3.47. The van der Waals surface area contributed by atoms with E-state index in [1.54, 1.807) is 18.4 Å². The smallest absolute Gasteiger partial charge is 0.152 e. The first kappa shape index (κ1) is 13.1. The number of halogens is 1. The number of hydrogen-bond acceptors (Lipinski definition) is 5. The Morgan fingerprint density at radius 2 is 2.05 bits per heavy atom. The van der Waals surface area contributed by atoms with Gasteiger partial charge in [-0.15, -0.1) is 11.3 Å². The van der Waals surface area contributed by atoms with E-state index < -0.39 is 0 Å². The number of anilines is 1. The number of rotatable bonds is 3. The van der Waals surface area contributed by atoms with Gasteiger partial charge in [-0.25, -0.2) is 9.97 Å². The van der Waals surface area contributed by atoms with E-state index in [2.05, 4.69) is 15.3 Å². The van der Waals surface area contributed by atoms with Gasteiger partial charge >= 0.3 is 0 Å². The highest BCUT2D eigenvalue weighted by atomic mass is 35.5. The van der Waals surface area contributed by atoms with Crippen LogP contribution in [0.25, 0.3) is 20.9 Å². The van der Waals surface area contributed by atoms with Crippen LogP contribution in [0.1, 0.15) is 0 Å². The quantitative estimate of drug-likeness (QED) is 0.741. The Morgan fingerprint density at radius 1 is 1.20 bits per heavy atom. The van der Waals surface area contributed by atoms with Gasteiger partial charge in [0.15, 0.2) is 5.15 Å². The van der Waals surface area contributed by atoms with Crippen LogP contribution in [0.2, 0.25) is 5.15 Å². The molecule has 1 aromatic carbocycles. The molecule has 102 valence electrons. The average molecular weight is 306 g/mol. The van der Waals surface area contributed by atoms with Crippen molar-refractivity contribution in [1.82, 2.24) is 9.97 Å². The lowest BCUT2D eigenvalue weighted by Gasteiger charge is -2.03. The van der Waals surface area contributed by atoms with Gasteiger partial charge in [0, 0.05) is 7.05 Å². The second kappa shape index (κ2) is 5.26. The fourth-order valence-corrected chi connectivity index (χ4v) is 3.09. The van der Waals surface area contributed by atoms with Crippen molar-refractivity contribution in [1.29, 1.82) is 0 Å². The highest BCUT2D eigenvalue weighted by Gasteiger charge is 2.10. The van der Waals surface area contributed by atoms with Crippen LogP contribution in [0.4, 0.5) is 5.69 Å². The topological polar surface area (TPSA) is 47.0 Å². The lowest BCUT2D eigenvalue weighted by Crippen LogP contribution is -1.92. The zero-order chi connectivity index (χ0) is 14.1. The number of fused-ring (bicyclic) bond motifs is 1. The Balaban J connectivity index is 2.07. The predicted octanol–water partition coefficient (Wildman–Crippen LogP) is 4.06. The molecule has 2 heterocycles. The van der Waals surface area contributed by atoms with Gasteiger partial charge in [-0.3, -0.25) is 0 Å². The van der Waals surface area contributed by atoms with Crippen LogP contribution in [0.3, 0.4) is 0 Å². The summed E-state index contributed by atoms with van der Waals surface area (Å²) in [5, 5.41) is 4.28. The zero-order valence-electron chi connectivity index (χ0n) is 11.0. The van der Waals surface area contributed by atoms with Crippen molar-refractivity contribution in [2.75, 3.05) is 19.5 Å². The molecule has 0 saturated heterocycles. The molecule has 0 aliphatic rings. The van der Waals surface area contributed by atoms with Crippen LogP contribution >= 0.6 is 22.9 Å². The third kappa shape index (κ3) is 2.30. The first-order valence-electron chi connectivity index (χ1n) is 6.00. The number of benzene rings is 1. The summed E-state index contributed by atoms with van der Waals surface area (Å²) in [6.07, 6.45) is 0. The van der Waals surface area contributed by atoms with Gasteiger partial charge in [0.05, 0.1) is 23.0 Å². The standard InChI is InChI=1S/C14H12ClN3OS/c1-16-10-5-6-11(17-13(10)15)14-18-9-4-3-8(19-2)7-12(9)20-14/h3-7,16H,1-2H3. The second-order valence-corrected chi connectivity index (χ2v) is 5.53. The summed E-state index contributed by atoms with van der Waals surface area (Å²) >= 11 is 7.68. The molecule has 4 nitrogen and oxygen atoms in total. The first-order valence-corrected chi connectivity index (χ1v) is 7.20. The van der Waals surface area contributed by atoms with E-state index in [0.29, 0.717) is 5.15 Å². The molecule has 0 fully saturated rings. The largest absolute Gasteiger partial charge is 0.497 e. The van der Waals surface area contributed by atoms with E-state index in [-0.39, 0.29) is 0 Å². The van der Waals surface area contributed by atoms with Crippen LogP contribution < -0.4 is 10.1 Å². The van der Waals surface area contributed by atoms with Gasteiger partial charge in [0.2, 0.25) is 0 Å². The molecule has 0 aliphatic carbocycles. The number of hydrogen-bond donors (Lipinski definition) is 1. The average Bonchev–Trinajstić information content (AvgIpc) is 2.89. The maximum atomic E-state index is 6.11. The minimum absolute atomic E-state index is 0.446. The molecule has 2 aromatic heterocycles. The van der Waals surface area contributed by atoms with E-state index in [1.165, 1.54) is 0 Å². The Morgan fingerprint density at radius 3 is 2.75 bits per heavy atom. The predicted molar refractivity (Wildman–Crippen MR) is 84.0 cm³/mol. The van der Waals surface area contributed by atoms with Crippen molar-refractivity contribution < 1.29 is 4.74 Å². The Bertz CT molecular complexity index is 772. The van der Waals surface area contributed by atoms with Crippen LogP contribution in [0.5, 0.6) is 5.75 Å². The van der Waals surface area contributed by atoms with Gasteiger partial charge in [0.1, 0.15) is 16.5 Å². The molecule has 0 bridgehead atoms. The number of nitrogens with zero attached hydrogens (tertiary/aromatic N) is 2. The van der Waals surface area contributed by atoms with Gasteiger partial charge in [-0.05, 0) is 30.3 Å². The highest BCUT2D eigenvalue weighted by Crippen LogP contribution is 2.33. The van der Waals surface area contributed by atoms with Crippen molar-refractivity contribution in [3.63, 3.8) is 0 Å². The molecule has 3 rings (SSSR count). The van der Waals surface area contributed by atoms with Crippen LogP contribution in [0.15, 0.2) is 30.3 Å². The van der Waals surface area contributed by atoms with Crippen molar-refractivity contribution in [2.24, 2.45) is 0 Å². The molecule has 0 radical (unpaired) electrons. The Hall–Kier alpha value is -1.85. The number of pyridine rings is 1. The maximum absolute atomic E-state index is 6.11. The van der Waals surface area contributed by atoms with E-state index in [1.807, 2.05) is 37.4 Å². The van der Waals surface area contributed by atoms with E-state index in [9.17, 15) is 0 Å². The lowest BCUT2D eigenvalue weighted by molar-refractivity contribution is 0.415. The summed E-state index contributed by atoms with van der Waals surface area (Å²) in [4.78, 5) is 8.95. The van der Waals surface area contributed by atoms with Crippen molar-refractivity contribution >= 4 is 38.8 Å². The molecule has 0 amide bonds. The first-order chi connectivity index (χ1) is 9.71. The molecular weight excluding hydrogens is 294 g/mol. The zero-order valence-corrected chi connectivity index (χ0v) is 12.5. The third-order valence-electron chi connectivity index (χ3n) is 2.93. The number of aromatic nitrogens is 2. The second-order valence-electron chi connectivity index (χ2n) is 4.14. The molecule has 3 aromatic rings. The number of nitrogens with one attached hydrogen (secondary N) is 1. The van der Waals surface area contributed by atoms with E-state index >= 15 is 0 Å². The van der Waals surface area contributed by atoms with Gasteiger partial charge in [0.25, 0.3) is 0 Å². The van der Waals surface area contributed by atoms with Gasteiger partial charge in [-0.2, -0.15) is 0 Å². The number of methoxy groups -OCH3 is 1. The summed E-state index contributed by atoms with van der Waals surface area (Å²) in [6.45, 7) is 0. The molecule has 1 N–H and O–H groups in total. The Labute approximate surface area is 125 Å². The molecule has 0 saturated carbocycles. The van der Waals surface area contributed by atoms with Gasteiger partial charge in [-0.1, -0.05) is 11.6 Å². The number of thiazole rings is 1. The Kier molecular flexibility index (Phi) is 3.46. The van der Waals surface area contributed by atoms with E-state index in [4.69, 9.17) is 16.3 Å². The monoisotopic (exact) mass is 305 g/mol. The van der Waals surface area contributed by atoms with E-state index in [0.717, 1.165) is 32.4 Å². The minimum atomic E-state index is 0.446. The van der Waals surface area contributed by atoms with Crippen LogP contribution in [0, 0.1) is 0 Å². The van der Waals surface area contributed by atoms with Crippen LogP contribution in [-0.2, 0) is 0 Å². The van der Waals surface area contributed by atoms with Crippen LogP contribution in [-0.4, -0.2) is 24.1 Å². The normalized spacial score (nSPS) is 10.8. The van der Waals surface area contributed by atoms with Crippen molar-refractivity contribution in [3.8, 4) is 16.5 Å². The summed E-state index contributed by atoms with van der Waals surface area (Å²) in [5.74, 6) is 0.823. The summed E-state index contributed by atoms with van der Waals surface area (Å²) < 4.78 is 6.29. The fourth-order valence-electron chi connectivity index (χ4n) is 1.88. The molecule has 20 heavy (non-hydrogen) atoms. The molecule has 6 heteroatoms. The van der Waals surface area contributed by atoms with Gasteiger partial charge < -0.3 is 10.1 Å². The highest BCUT2D eigenvalue weighted by molar-refractivity contribution is 7.21. The minimum Gasteiger partial charge on any atom is -0.497 e.